The maximum absolute atomic E-state index is 13.4. The normalized spacial score (nSPS) is 11.2. The molecule has 1 aromatic carbocycles. The van der Waals surface area contributed by atoms with Crippen LogP contribution >= 0.6 is 0 Å². The largest absolute Gasteiger partial charge is 0.322 e. The summed E-state index contributed by atoms with van der Waals surface area (Å²) in [7, 11) is -3.82. The second kappa shape index (κ2) is 5.58. The first-order valence-electron chi connectivity index (χ1n) is 5.83. The highest BCUT2D eigenvalue weighted by atomic mass is 32.2. The summed E-state index contributed by atoms with van der Waals surface area (Å²) >= 11 is 0. The highest BCUT2D eigenvalue weighted by Gasteiger charge is 2.14. The second-order valence-electron chi connectivity index (χ2n) is 4.33. The second-order valence-corrected chi connectivity index (χ2v) is 5.86. The lowest BCUT2D eigenvalue weighted by atomic mass is 10.2. The molecule has 21 heavy (non-hydrogen) atoms. The van der Waals surface area contributed by atoms with Crippen molar-refractivity contribution >= 4 is 21.6 Å². The third kappa shape index (κ3) is 3.41. The number of rotatable bonds is 3. The van der Waals surface area contributed by atoms with Crippen molar-refractivity contribution in [1.29, 1.82) is 0 Å². The maximum Gasteiger partial charge on any atom is 0.258 e. The van der Waals surface area contributed by atoms with E-state index in [-0.39, 0.29) is 10.5 Å². The average molecular weight is 309 g/mol. The van der Waals surface area contributed by atoms with Crippen molar-refractivity contribution in [1.82, 2.24) is 4.98 Å². The van der Waals surface area contributed by atoms with E-state index in [4.69, 9.17) is 5.14 Å². The van der Waals surface area contributed by atoms with Crippen LogP contribution in [0.3, 0.4) is 0 Å². The SMILES string of the molecule is Cc1cc(NC(=O)c2ccncc2F)ccc1S(N)(=O)=O. The van der Waals surface area contributed by atoms with Gasteiger partial charge in [-0.1, -0.05) is 0 Å². The predicted octanol–water partition coefficient (Wildman–Crippen LogP) is 1.43. The number of nitrogens with zero attached hydrogens (tertiary/aromatic N) is 1. The first kappa shape index (κ1) is 15.1. The van der Waals surface area contributed by atoms with Gasteiger partial charge in [-0.05, 0) is 36.8 Å². The molecule has 1 aromatic heterocycles. The molecule has 0 aliphatic rings. The minimum atomic E-state index is -3.82. The maximum atomic E-state index is 13.4. The van der Waals surface area contributed by atoms with Crippen molar-refractivity contribution in [3.8, 4) is 0 Å². The van der Waals surface area contributed by atoms with Gasteiger partial charge in [-0.25, -0.2) is 17.9 Å². The molecule has 0 spiro atoms. The predicted molar refractivity (Wildman–Crippen MR) is 74.7 cm³/mol. The zero-order valence-corrected chi connectivity index (χ0v) is 11.8. The number of aryl methyl sites for hydroxylation is 1. The highest BCUT2D eigenvalue weighted by molar-refractivity contribution is 7.89. The summed E-state index contributed by atoms with van der Waals surface area (Å²) in [5.74, 6) is -1.40. The van der Waals surface area contributed by atoms with E-state index in [2.05, 4.69) is 10.3 Å². The van der Waals surface area contributed by atoms with Crippen LogP contribution in [0.4, 0.5) is 10.1 Å². The molecule has 0 radical (unpaired) electrons. The van der Waals surface area contributed by atoms with Gasteiger partial charge in [0.25, 0.3) is 5.91 Å². The van der Waals surface area contributed by atoms with Crippen LogP contribution in [0.2, 0.25) is 0 Å². The van der Waals surface area contributed by atoms with Gasteiger partial charge < -0.3 is 5.32 Å². The van der Waals surface area contributed by atoms with Crippen LogP contribution in [0.15, 0.2) is 41.6 Å². The molecule has 0 atom stereocenters. The Morgan fingerprint density at radius 1 is 1.33 bits per heavy atom. The quantitative estimate of drug-likeness (QED) is 0.895. The van der Waals surface area contributed by atoms with Crippen LogP contribution in [0.25, 0.3) is 0 Å². The summed E-state index contributed by atoms with van der Waals surface area (Å²) in [5, 5.41) is 7.52. The van der Waals surface area contributed by atoms with E-state index in [0.29, 0.717) is 11.3 Å². The number of primary sulfonamides is 1. The molecule has 1 amide bonds. The number of hydrogen-bond donors (Lipinski definition) is 2. The Kier molecular flexibility index (Phi) is 4.01. The van der Waals surface area contributed by atoms with Crippen molar-refractivity contribution in [2.24, 2.45) is 5.14 Å². The summed E-state index contributed by atoms with van der Waals surface area (Å²) in [4.78, 5) is 15.4. The number of amides is 1. The van der Waals surface area contributed by atoms with E-state index >= 15 is 0 Å². The molecule has 0 saturated carbocycles. The zero-order chi connectivity index (χ0) is 15.6. The monoisotopic (exact) mass is 309 g/mol. The van der Waals surface area contributed by atoms with Gasteiger partial charge in [0.2, 0.25) is 10.0 Å². The van der Waals surface area contributed by atoms with Crippen LogP contribution < -0.4 is 10.5 Å². The average Bonchev–Trinajstić information content (AvgIpc) is 2.37. The fraction of sp³-hybridized carbons (Fsp3) is 0.0769. The van der Waals surface area contributed by atoms with Crippen molar-refractivity contribution < 1.29 is 17.6 Å². The molecule has 0 bridgehead atoms. The lowest BCUT2D eigenvalue weighted by molar-refractivity contribution is 0.102. The molecule has 0 aliphatic carbocycles. The lowest BCUT2D eigenvalue weighted by Crippen LogP contribution is -2.16. The van der Waals surface area contributed by atoms with Gasteiger partial charge in [0.15, 0.2) is 5.82 Å². The summed E-state index contributed by atoms with van der Waals surface area (Å²) < 4.78 is 36.0. The molecule has 2 rings (SSSR count). The summed E-state index contributed by atoms with van der Waals surface area (Å²) in [6, 6.07) is 5.35. The number of carbonyl (C=O) groups is 1. The minimum Gasteiger partial charge on any atom is -0.322 e. The Morgan fingerprint density at radius 3 is 2.62 bits per heavy atom. The molecule has 3 N–H and O–H groups in total. The number of halogens is 1. The Bertz CT molecular complexity index is 806. The van der Waals surface area contributed by atoms with E-state index < -0.39 is 21.7 Å². The smallest absolute Gasteiger partial charge is 0.258 e. The summed E-state index contributed by atoms with van der Waals surface area (Å²) in [6.45, 7) is 1.54. The van der Waals surface area contributed by atoms with Crippen LogP contribution in [0.5, 0.6) is 0 Å². The van der Waals surface area contributed by atoms with E-state index in [1.807, 2.05) is 0 Å². The number of aromatic nitrogens is 1. The van der Waals surface area contributed by atoms with Gasteiger partial charge in [0, 0.05) is 11.9 Å². The zero-order valence-electron chi connectivity index (χ0n) is 11.0. The number of nitrogens with two attached hydrogens (primary N) is 1. The number of sulfonamides is 1. The Hall–Kier alpha value is -2.32. The molecule has 110 valence electrons. The van der Waals surface area contributed by atoms with Crippen LogP contribution in [-0.2, 0) is 10.0 Å². The van der Waals surface area contributed by atoms with E-state index in [0.717, 1.165) is 6.20 Å². The Balaban J connectivity index is 2.27. The number of benzene rings is 1. The van der Waals surface area contributed by atoms with Crippen molar-refractivity contribution in [3.05, 3.63) is 53.6 Å². The number of nitrogens with one attached hydrogen (secondary N) is 1. The van der Waals surface area contributed by atoms with Gasteiger partial charge in [-0.15, -0.1) is 0 Å². The fourth-order valence-corrected chi connectivity index (χ4v) is 2.57. The van der Waals surface area contributed by atoms with E-state index in [1.165, 1.54) is 30.5 Å². The number of anilines is 1. The Labute approximate surface area is 120 Å². The van der Waals surface area contributed by atoms with Crippen LogP contribution in [-0.4, -0.2) is 19.3 Å². The molecule has 0 fully saturated rings. The van der Waals surface area contributed by atoms with Gasteiger partial charge in [-0.2, -0.15) is 0 Å². The van der Waals surface area contributed by atoms with Gasteiger partial charge >= 0.3 is 0 Å². The summed E-state index contributed by atoms with van der Waals surface area (Å²) in [6.07, 6.45) is 2.23. The van der Waals surface area contributed by atoms with Crippen LogP contribution in [0.1, 0.15) is 15.9 Å². The van der Waals surface area contributed by atoms with E-state index in [9.17, 15) is 17.6 Å². The molecule has 0 unspecified atom stereocenters. The molecule has 1 heterocycles. The van der Waals surface area contributed by atoms with E-state index in [1.54, 1.807) is 6.92 Å². The molecule has 0 aliphatic heterocycles. The molecular weight excluding hydrogens is 297 g/mol. The molecule has 0 saturated heterocycles. The summed E-state index contributed by atoms with van der Waals surface area (Å²) in [5.41, 5.74) is 0.560. The molecule has 2 aromatic rings. The van der Waals surface area contributed by atoms with Gasteiger partial charge in [0.05, 0.1) is 16.7 Å². The third-order valence-corrected chi connectivity index (χ3v) is 3.83. The van der Waals surface area contributed by atoms with Crippen molar-refractivity contribution in [3.63, 3.8) is 0 Å². The lowest BCUT2D eigenvalue weighted by Gasteiger charge is -2.09. The minimum absolute atomic E-state index is 0.0319. The third-order valence-electron chi connectivity index (χ3n) is 2.76. The molecular formula is C13H12FN3O3S. The first-order chi connectivity index (χ1) is 9.79. The number of hydrogen-bond acceptors (Lipinski definition) is 4. The first-order valence-corrected chi connectivity index (χ1v) is 7.38. The van der Waals surface area contributed by atoms with Crippen LogP contribution in [0, 0.1) is 12.7 Å². The number of carbonyl (C=O) groups excluding carboxylic acids is 1. The van der Waals surface area contributed by atoms with Crippen molar-refractivity contribution in [2.45, 2.75) is 11.8 Å². The number of pyridine rings is 1. The molecule has 6 nitrogen and oxygen atoms in total. The van der Waals surface area contributed by atoms with Gasteiger partial charge in [-0.3, -0.25) is 9.78 Å². The fourth-order valence-electron chi connectivity index (χ4n) is 1.80. The van der Waals surface area contributed by atoms with Gasteiger partial charge in [0.1, 0.15) is 0 Å². The Morgan fingerprint density at radius 2 is 2.05 bits per heavy atom. The molecule has 8 heteroatoms. The topological polar surface area (TPSA) is 102 Å². The standard InChI is InChI=1S/C13H12FN3O3S/c1-8-6-9(2-3-12(8)21(15,19)20)17-13(18)10-4-5-16-7-11(10)14/h2-7H,1H3,(H,17,18)(H2,15,19,20). The van der Waals surface area contributed by atoms with Crippen molar-refractivity contribution in [2.75, 3.05) is 5.32 Å². The highest BCUT2D eigenvalue weighted by Crippen LogP contribution is 2.19.